The van der Waals surface area contributed by atoms with E-state index in [0.29, 0.717) is 10.0 Å². The highest BCUT2D eigenvalue weighted by atomic mass is 127. The van der Waals surface area contributed by atoms with Gasteiger partial charge in [0.1, 0.15) is 3.42 Å². The lowest BCUT2D eigenvalue weighted by Gasteiger charge is -2.29. The second-order valence-corrected chi connectivity index (χ2v) is 6.12. The van der Waals surface area contributed by atoms with E-state index in [4.69, 9.17) is 28.9 Å². The van der Waals surface area contributed by atoms with Crippen molar-refractivity contribution in [3.63, 3.8) is 0 Å². The molecule has 1 heterocycles. The van der Waals surface area contributed by atoms with Crippen molar-refractivity contribution in [3.05, 3.63) is 33.8 Å². The van der Waals surface area contributed by atoms with Crippen molar-refractivity contribution in [2.75, 3.05) is 0 Å². The maximum absolute atomic E-state index is 9.97. The number of hydrogen-bond donors (Lipinski definition) is 2. The van der Waals surface area contributed by atoms with E-state index in [1.54, 1.807) is 24.4 Å². The molecule has 0 amide bonds. The largest absolute Gasteiger partial charge is 0.370 e. The van der Waals surface area contributed by atoms with E-state index >= 15 is 0 Å². The molecule has 1 aliphatic heterocycles. The molecule has 0 fully saturated rings. The maximum Gasteiger partial charge on any atom is 0.217 e. The Morgan fingerprint density at radius 2 is 2.06 bits per heavy atom. The van der Waals surface area contributed by atoms with Crippen LogP contribution in [0.1, 0.15) is 5.56 Å². The van der Waals surface area contributed by atoms with Crippen LogP contribution in [0, 0.1) is 0 Å². The molecule has 17 heavy (non-hydrogen) atoms. The standard InChI is InChI=1S/C10H8Cl2IN3O/c11-6-2-1-5(3-7(6)12)10(13)4-15-9(14)16-8(10)17/h1-4,8,17H,(H2,14,16). The monoisotopic (exact) mass is 383 g/mol. The van der Waals surface area contributed by atoms with E-state index in [2.05, 4.69) is 32.6 Å². The van der Waals surface area contributed by atoms with Gasteiger partial charge in [0.05, 0.1) is 10.0 Å². The van der Waals surface area contributed by atoms with Gasteiger partial charge in [0.15, 0.2) is 6.23 Å². The Labute approximate surface area is 122 Å². The molecule has 90 valence electrons. The first-order chi connectivity index (χ1) is 7.93. The maximum atomic E-state index is 9.97. The van der Waals surface area contributed by atoms with Crippen LogP contribution in [0.5, 0.6) is 0 Å². The molecule has 0 saturated heterocycles. The van der Waals surface area contributed by atoms with E-state index < -0.39 is 9.65 Å². The third-order valence-corrected chi connectivity index (χ3v) is 4.57. The Kier molecular flexibility index (Phi) is 3.63. The first-order valence-electron chi connectivity index (χ1n) is 4.64. The molecule has 3 N–H and O–H groups in total. The second kappa shape index (κ2) is 4.72. The van der Waals surface area contributed by atoms with Crippen LogP contribution in [-0.4, -0.2) is 23.5 Å². The van der Waals surface area contributed by atoms with Gasteiger partial charge in [0.2, 0.25) is 5.96 Å². The molecule has 2 rings (SSSR count). The highest BCUT2D eigenvalue weighted by molar-refractivity contribution is 14.1. The van der Waals surface area contributed by atoms with Crippen LogP contribution in [0.4, 0.5) is 0 Å². The molecule has 0 spiro atoms. The van der Waals surface area contributed by atoms with Crippen LogP contribution in [-0.2, 0) is 3.42 Å². The first-order valence-corrected chi connectivity index (χ1v) is 6.48. The molecular weight excluding hydrogens is 376 g/mol. The van der Waals surface area contributed by atoms with Gasteiger partial charge < -0.3 is 10.8 Å². The fourth-order valence-corrected chi connectivity index (χ4v) is 2.35. The molecule has 1 aromatic carbocycles. The van der Waals surface area contributed by atoms with Crippen LogP contribution >= 0.6 is 45.8 Å². The topological polar surface area (TPSA) is 71.0 Å². The van der Waals surface area contributed by atoms with Crippen LogP contribution in [0.25, 0.3) is 0 Å². The quantitative estimate of drug-likeness (QED) is 0.577. The molecule has 7 heteroatoms. The summed E-state index contributed by atoms with van der Waals surface area (Å²) < 4.78 is -0.783. The molecule has 4 nitrogen and oxygen atoms in total. The lowest BCUT2D eigenvalue weighted by atomic mass is 9.98. The van der Waals surface area contributed by atoms with E-state index in [1.165, 1.54) is 0 Å². The summed E-state index contributed by atoms with van der Waals surface area (Å²) in [5.74, 6) is 0.0600. The molecule has 0 aromatic heterocycles. The Hall–Kier alpha value is -0.370. The van der Waals surface area contributed by atoms with E-state index in [-0.39, 0.29) is 5.96 Å². The van der Waals surface area contributed by atoms with Gasteiger partial charge in [0, 0.05) is 6.21 Å². The molecule has 2 atom stereocenters. The molecule has 1 aromatic rings. The summed E-state index contributed by atoms with van der Waals surface area (Å²) in [6.07, 6.45) is 0.554. The number of hydrogen-bond acceptors (Lipinski definition) is 4. The number of benzene rings is 1. The number of aliphatic hydroxyl groups is 1. The predicted molar refractivity (Wildman–Crippen MR) is 78.3 cm³/mol. The van der Waals surface area contributed by atoms with E-state index in [1.807, 2.05) is 0 Å². The average molecular weight is 384 g/mol. The van der Waals surface area contributed by atoms with Gasteiger partial charge >= 0.3 is 0 Å². The van der Waals surface area contributed by atoms with Gasteiger partial charge in [0.25, 0.3) is 0 Å². The summed E-state index contributed by atoms with van der Waals surface area (Å²) in [6, 6.07) is 5.12. The van der Waals surface area contributed by atoms with Gasteiger partial charge in [-0.25, -0.2) is 9.98 Å². The number of aliphatic hydroxyl groups excluding tert-OH is 1. The first kappa shape index (κ1) is 13.1. The fraction of sp³-hybridized carbons (Fsp3) is 0.200. The molecule has 0 bridgehead atoms. The third-order valence-electron chi connectivity index (χ3n) is 2.38. The number of aliphatic imine (C=N–C) groups is 2. The lowest BCUT2D eigenvalue weighted by molar-refractivity contribution is 0.168. The van der Waals surface area contributed by atoms with Crippen LogP contribution in [0.15, 0.2) is 28.2 Å². The minimum atomic E-state index is -1.00. The number of halogens is 3. The van der Waals surface area contributed by atoms with Crippen LogP contribution < -0.4 is 5.73 Å². The van der Waals surface area contributed by atoms with Crippen molar-refractivity contribution in [3.8, 4) is 0 Å². The summed E-state index contributed by atoms with van der Waals surface area (Å²) in [5, 5.41) is 10.8. The molecular formula is C10H8Cl2IN3O. The van der Waals surface area contributed by atoms with Gasteiger partial charge in [-0.3, -0.25) is 0 Å². The van der Waals surface area contributed by atoms with Gasteiger partial charge in [-0.2, -0.15) is 0 Å². The highest BCUT2D eigenvalue weighted by Gasteiger charge is 2.38. The summed E-state index contributed by atoms with van der Waals surface area (Å²) in [5.41, 5.74) is 6.18. The lowest BCUT2D eigenvalue weighted by Crippen LogP contribution is -2.39. The Morgan fingerprint density at radius 1 is 1.35 bits per heavy atom. The minimum Gasteiger partial charge on any atom is -0.370 e. The minimum absolute atomic E-state index is 0.0600. The predicted octanol–water partition coefficient (Wildman–Crippen LogP) is 2.34. The van der Waals surface area contributed by atoms with Gasteiger partial charge in [-0.05, 0) is 17.7 Å². The molecule has 0 aliphatic carbocycles. The second-order valence-electron chi connectivity index (χ2n) is 3.52. The van der Waals surface area contributed by atoms with Crippen LogP contribution in [0.3, 0.4) is 0 Å². The summed E-state index contributed by atoms with van der Waals surface area (Å²) in [6.45, 7) is 0. The highest BCUT2D eigenvalue weighted by Crippen LogP contribution is 2.38. The van der Waals surface area contributed by atoms with Crippen molar-refractivity contribution in [2.45, 2.75) is 9.65 Å². The number of guanidine groups is 1. The third kappa shape index (κ3) is 2.42. The molecule has 0 radical (unpaired) electrons. The number of nitrogens with zero attached hydrogens (tertiary/aromatic N) is 2. The summed E-state index contributed by atoms with van der Waals surface area (Å²) >= 11 is 13.9. The average Bonchev–Trinajstić information content (AvgIpc) is 2.28. The zero-order valence-electron chi connectivity index (χ0n) is 8.44. The SMILES string of the molecule is NC1=NC(O)C(I)(c2ccc(Cl)c(Cl)c2)C=N1. The van der Waals surface area contributed by atoms with Gasteiger partial charge in [-0.1, -0.05) is 51.9 Å². The van der Waals surface area contributed by atoms with Crippen molar-refractivity contribution in [1.29, 1.82) is 0 Å². The summed E-state index contributed by atoms with van der Waals surface area (Å²) in [7, 11) is 0. The number of rotatable bonds is 1. The van der Waals surface area contributed by atoms with Gasteiger partial charge in [-0.15, -0.1) is 0 Å². The summed E-state index contributed by atoms with van der Waals surface area (Å²) in [4.78, 5) is 7.75. The Bertz CT molecular complexity index is 520. The van der Waals surface area contributed by atoms with Crippen LogP contribution in [0.2, 0.25) is 10.0 Å². The van der Waals surface area contributed by atoms with Crippen molar-refractivity contribution < 1.29 is 5.11 Å². The van der Waals surface area contributed by atoms with E-state index in [0.717, 1.165) is 5.56 Å². The molecule has 2 unspecified atom stereocenters. The number of alkyl halides is 1. The normalized spacial score (nSPS) is 28.0. The fourth-order valence-electron chi connectivity index (χ4n) is 1.44. The smallest absolute Gasteiger partial charge is 0.217 e. The molecule has 1 aliphatic rings. The zero-order valence-corrected chi connectivity index (χ0v) is 12.1. The van der Waals surface area contributed by atoms with E-state index in [9.17, 15) is 5.11 Å². The van der Waals surface area contributed by atoms with Crippen molar-refractivity contribution in [2.24, 2.45) is 15.7 Å². The zero-order chi connectivity index (χ0) is 12.6. The Morgan fingerprint density at radius 3 is 2.65 bits per heavy atom. The van der Waals surface area contributed by atoms with Crippen molar-refractivity contribution in [1.82, 2.24) is 0 Å². The number of nitrogens with two attached hydrogens (primary N) is 1. The molecule has 0 saturated carbocycles. The van der Waals surface area contributed by atoms with Crippen molar-refractivity contribution >= 4 is 58.0 Å². The Balaban J connectivity index is 2.46.